The van der Waals surface area contributed by atoms with E-state index in [4.69, 9.17) is 4.74 Å². The second-order valence-electron chi connectivity index (χ2n) is 9.73. The van der Waals surface area contributed by atoms with Crippen LogP contribution in [0.3, 0.4) is 0 Å². The second kappa shape index (κ2) is 7.95. The summed E-state index contributed by atoms with van der Waals surface area (Å²) in [7, 11) is -3.18. The molecule has 3 nitrogen and oxygen atoms in total. The molecule has 0 saturated heterocycles. The van der Waals surface area contributed by atoms with Crippen molar-refractivity contribution in [3.05, 3.63) is 133 Å². The van der Waals surface area contributed by atoms with Crippen molar-refractivity contribution in [3.63, 3.8) is 0 Å². The fraction of sp³-hybridized carbons (Fsp3) is 0. The lowest BCUT2D eigenvalue weighted by atomic mass is 10.1. The summed E-state index contributed by atoms with van der Waals surface area (Å²) in [6.07, 6.45) is 0. The Morgan fingerprint density at radius 2 is 1.16 bits per heavy atom. The van der Waals surface area contributed by atoms with Gasteiger partial charge in [-0.15, -0.1) is 0 Å². The van der Waals surface area contributed by atoms with Crippen molar-refractivity contribution in [1.82, 2.24) is 4.57 Å². The lowest BCUT2D eigenvalue weighted by Gasteiger charge is -2.29. The van der Waals surface area contributed by atoms with Gasteiger partial charge < -0.3 is 13.9 Å². The number of nitrogens with zero attached hydrogens (tertiary/aromatic N) is 1. The summed E-state index contributed by atoms with van der Waals surface area (Å²) in [5.74, 6) is 1.29. The zero-order valence-electron chi connectivity index (χ0n) is 20.4. The quantitative estimate of drug-likeness (QED) is 0.225. The Balaban J connectivity index is 1.39. The third-order valence-electron chi connectivity index (χ3n) is 7.64. The predicted molar refractivity (Wildman–Crippen MR) is 158 cm³/mol. The highest BCUT2D eigenvalue weighted by atomic mass is 31.2. The monoisotopic (exact) mass is 507 g/mol. The molecule has 1 aliphatic rings. The molecule has 0 saturated carbocycles. The van der Waals surface area contributed by atoms with E-state index in [0.29, 0.717) is 11.5 Å². The van der Waals surface area contributed by atoms with Crippen LogP contribution < -0.4 is 20.7 Å². The van der Waals surface area contributed by atoms with Crippen LogP contribution in [0.15, 0.2) is 133 Å². The van der Waals surface area contributed by atoms with Gasteiger partial charge in [0, 0.05) is 27.8 Å². The van der Waals surface area contributed by atoms with Crippen LogP contribution in [0.4, 0.5) is 0 Å². The first-order valence-corrected chi connectivity index (χ1v) is 14.4. The maximum atomic E-state index is 15.3. The molecule has 4 heteroatoms. The lowest BCUT2D eigenvalue weighted by Crippen LogP contribution is -2.30. The molecular formula is C34H22NO2P. The zero-order valence-corrected chi connectivity index (χ0v) is 21.3. The van der Waals surface area contributed by atoms with Crippen molar-refractivity contribution < 1.29 is 9.30 Å². The molecule has 1 unspecified atom stereocenters. The Kier molecular flexibility index (Phi) is 4.50. The Morgan fingerprint density at radius 3 is 1.95 bits per heavy atom. The van der Waals surface area contributed by atoms with Gasteiger partial charge in [-0.3, -0.25) is 0 Å². The van der Waals surface area contributed by atoms with Crippen molar-refractivity contribution in [2.45, 2.75) is 0 Å². The van der Waals surface area contributed by atoms with E-state index in [-0.39, 0.29) is 0 Å². The molecule has 0 spiro atoms. The normalized spacial score (nSPS) is 16.3. The molecule has 180 valence electrons. The highest BCUT2D eigenvalue weighted by Crippen LogP contribution is 2.52. The molecule has 0 amide bonds. The van der Waals surface area contributed by atoms with E-state index in [1.807, 2.05) is 54.6 Å². The van der Waals surface area contributed by atoms with Gasteiger partial charge in [-0.05, 0) is 53.2 Å². The van der Waals surface area contributed by atoms with E-state index in [1.165, 1.54) is 10.8 Å². The predicted octanol–water partition coefficient (Wildman–Crippen LogP) is 7.68. The maximum Gasteiger partial charge on any atom is 0.178 e. The van der Waals surface area contributed by atoms with Crippen molar-refractivity contribution in [2.24, 2.45) is 0 Å². The lowest BCUT2D eigenvalue weighted by molar-refractivity contribution is 0.485. The second-order valence-corrected chi connectivity index (χ2v) is 12.4. The minimum atomic E-state index is -3.18. The van der Waals surface area contributed by atoms with Gasteiger partial charge >= 0.3 is 0 Å². The third kappa shape index (κ3) is 2.94. The molecule has 0 bridgehead atoms. The molecule has 1 aliphatic heterocycles. The van der Waals surface area contributed by atoms with Crippen LogP contribution >= 0.6 is 7.14 Å². The summed E-state index contributed by atoms with van der Waals surface area (Å²) in [4.78, 5) is 0. The smallest absolute Gasteiger partial charge is 0.178 e. The molecule has 7 aromatic rings. The van der Waals surface area contributed by atoms with E-state index in [1.54, 1.807) is 0 Å². The first kappa shape index (κ1) is 21.5. The van der Waals surface area contributed by atoms with Crippen LogP contribution in [0.5, 0.6) is 11.5 Å². The first-order chi connectivity index (χ1) is 18.7. The van der Waals surface area contributed by atoms with Crippen LogP contribution in [-0.4, -0.2) is 4.57 Å². The van der Waals surface area contributed by atoms with E-state index in [9.17, 15) is 0 Å². The molecule has 0 fully saturated rings. The molecule has 1 atom stereocenters. The molecule has 38 heavy (non-hydrogen) atoms. The van der Waals surface area contributed by atoms with Gasteiger partial charge in [0.25, 0.3) is 0 Å². The van der Waals surface area contributed by atoms with E-state index in [2.05, 4.69) is 83.4 Å². The van der Waals surface area contributed by atoms with Crippen LogP contribution in [0.25, 0.3) is 38.3 Å². The summed E-state index contributed by atoms with van der Waals surface area (Å²) >= 11 is 0. The zero-order chi connectivity index (χ0) is 25.3. The summed E-state index contributed by atoms with van der Waals surface area (Å²) < 4.78 is 24.0. The number of benzene rings is 6. The fourth-order valence-corrected chi connectivity index (χ4v) is 8.74. The molecule has 8 rings (SSSR count). The largest absolute Gasteiger partial charge is 0.456 e. The summed E-state index contributed by atoms with van der Waals surface area (Å²) in [5, 5.41) is 6.91. The van der Waals surface area contributed by atoms with Gasteiger partial charge in [-0.1, -0.05) is 84.9 Å². The number of rotatable bonds is 2. The van der Waals surface area contributed by atoms with E-state index >= 15 is 4.57 Å². The Hall–Kier alpha value is -4.59. The number of hydrogen-bond donors (Lipinski definition) is 0. The average Bonchev–Trinajstić information content (AvgIpc) is 3.31. The summed E-state index contributed by atoms with van der Waals surface area (Å²) in [5.41, 5.74) is 3.23. The van der Waals surface area contributed by atoms with E-state index < -0.39 is 7.14 Å². The SMILES string of the molecule is O=P1(c2ccc3ccccc3c2)c2ccccc2Oc2cc(-n3c4ccccc4c4ccccc43)ccc21. The minimum absolute atomic E-state index is 0.638. The molecule has 2 heterocycles. The average molecular weight is 508 g/mol. The van der Waals surface area contributed by atoms with Crippen molar-refractivity contribution in [2.75, 3.05) is 0 Å². The molecule has 1 aromatic heterocycles. The van der Waals surface area contributed by atoms with Crippen LogP contribution in [0, 0.1) is 0 Å². The summed E-state index contributed by atoms with van der Waals surface area (Å²) in [6.45, 7) is 0. The van der Waals surface area contributed by atoms with Crippen LogP contribution in [-0.2, 0) is 4.57 Å². The number of para-hydroxylation sites is 3. The van der Waals surface area contributed by atoms with Crippen molar-refractivity contribution in [3.8, 4) is 17.2 Å². The van der Waals surface area contributed by atoms with Crippen molar-refractivity contribution >= 4 is 55.6 Å². The number of aromatic nitrogens is 1. The van der Waals surface area contributed by atoms with Gasteiger partial charge in [0.1, 0.15) is 11.5 Å². The van der Waals surface area contributed by atoms with Crippen LogP contribution in [0.2, 0.25) is 0 Å². The van der Waals surface area contributed by atoms with Gasteiger partial charge in [-0.25, -0.2) is 0 Å². The van der Waals surface area contributed by atoms with Gasteiger partial charge in [0.15, 0.2) is 7.14 Å². The van der Waals surface area contributed by atoms with Crippen molar-refractivity contribution in [1.29, 1.82) is 0 Å². The van der Waals surface area contributed by atoms with Gasteiger partial charge in [0.05, 0.1) is 21.6 Å². The highest BCUT2D eigenvalue weighted by Gasteiger charge is 2.39. The number of fused-ring (bicyclic) bond motifs is 6. The minimum Gasteiger partial charge on any atom is -0.456 e. The number of hydrogen-bond acceptors (Lipinski definition) is 2. The molecular weight excluding hydrogens is 485 g/mol. The number of ether oxygens (including phenoxy) is 1. The van der Waals surface area contributed by atoms with E-state index in [0.717, 1.165) is 43.4 Å². The maximum absolute atomic E-state index is 15.3. The molecule has 0 aliphatic carbocycles. The third-order valence-corrected chi connectivity index (χ3v) is 10.7. The topological polar surface area (TPSA) is 31.2 Å². The Labute approximate surface area is 219 Å². The standard InChI is InChI=1S/C34H22NO2P/c36-38(26-19-17-23-9-1-2-10-24(23)21-26)33-16-8-7-15-31(33)37-32-22-25(18-20-34(32)38)35-29-13-5-3-11-27(29)28-12-4-6-14-30(28)35/h1-22H. The molecule has 6 aromatic carbocycles. The molecule has 0 radical (unpaired) electrons. The Bertz CT molecular complexity index is 2050. The Morgan fingerprint density at radius 1 is 0.526 bits per heavy atom. The summed E-state index contributed by atoms with van der Waals surface area (Å²) in [6, 6.07) is 45.1. The highest BCUT2D eigenvalue weighted by molar-refractivity contribution is 7.85. The first-order valence-electron chi connectivity index (χ1n) is 12.7. The van der Waals surface area contributed by atoms with Crippen LogP contribution in [0.1, 0.15) is 0 Å². The van der Waals surface area contributed by atoms with Gasteiger partial charge in [-0.2, -0.15) is 0 Å². The molecule has 0 N–H and O–H groups in total. The van der Waals surface area contributed by atoms with Gasteiger partial charge in [0.2, 0.25) is 0 Å². The fourth-order valence-electron chi connectivity index (χ4n) is 5.89.